The van der Waals surface area contributed by atoms with Crippen LogP contribution in [0.4, 0.5) is 8.78 Å². The van der Waals surface area contributed by atoms with Gasteiger partial charge >= 0.3 is 0 Å². The van der Waals surface area contributed by atoms with Gasteiger partial charge in [-0.1, -0.05) is 0 Å². The van der Waals surface area contributed by atoms with E-state index in [2.05, 4.69) is 21.2 Å². The molecule has 112 valence electrons. The van der Waals surface area contributed by atoms with Gasteiger partial charge in [0.1, 0.15) is 16.3 Å². The molecule has 1 aromatic rings. The highest BCUT2D eigenvalue weighted by molar-refractivity contribution is 9.10. The molecule has 1 rings (SSSR count). The van der Waals surface area contributed by atoms with Crippen LogP contribution >= 0.6 is 15.9 Å². The summed E-state index contributed by atoms with van der Waals surface area (Å²) in [6.45, 7) is 4.83. The maximum Gasteiger partial charge on any atom is 0.257 e. The van der Waals surface area contributed by atoms with Crippen molar-refractivity contribution in [2.45, 2.75) is 31.2 Å². The lowest BCUT2D eigenvalue weighted by Crippen LogP contribution is -2.41. The predicted molar refractivity (Wildman–Crippen MR) is 72.7 cm³/mol. The van der Waals surface area contributed by atoms with Crippen molar-refractivity contribution in [3.8, 4) is 0 Å². The minimum atomic E-state index is -4.45. The molecule has 20 heavy (non-hydrogen) atoms. The van der Waals surface area contributed by atoms with Crippen molar-refractivity contribution in [2.75, 3.05) is 0 Å². The third-order valence-corrected chi connectivity index (χ3v) is 3.98. The van der Waals surface area contributed by atoms with Gasteiger partial charge in [0.05, 0.1) is 0 Å². The summed E-state index contributed by atoms with van der Waals surface area (Å²) in [6.07, 6.45) is 0. The second-order valence-corrected chi connectivity index (χ2v) is 7.46. The normalized spacial score (nSPS) is 12.3. The number of halogens is 3. The van der Waals surface area contributed by atoms with Gasteiger partial charge in [-0.15, -0.1) is 0 Å². The molecule has 0 heterocycles. The molecule has 0 spiro atoms. The van der Waals surface area contributed by atoms with Gasteiger partial charge in [-0.3, -0.25) is 4.79 Å². The topological polar surface area (TPSA) is 89.3 Å². The van der Waals surface area contributed by atoms with Crippen LogP contribution in [0.15, 0.2) is 15.4 Å². The van der Waals surface area contributed by atoms with Crippen LogP contribution in [0.1, 0.15) is 31.1 Å². The van der Waals surface area contributed by atoms with Crippen molar-refractivity contribution < 1.29 is 22.0 Å². The van der Waals surface area contributed by atoms with Crippen LogP contribution < -0.4 is 10.5 Å². The molecule has 0 aliphatic rings. The number of hydrogen-bond acceptors (Lipinski definition) is 3. The fourth-order valence-electron chi connectivity index (χ4n) is 1.44. The molecule has 9 heteroatoms. The van der Waals surface area contributed by atoms with Crippen LogP contribution in [0.3, 0.4) is 0 Å². The summed E-state index contributed by atoms with van der Waals surface area (Å²) in [5, 5.41) is 7.20. The highest BCUT2D eigenvalue weighted by atomic mass is 79.9. The zero-order chi connectivity index (χ0) is 15.9. The van der Waals surface area contributed by atoms with Gasteiger partial charge < -0.3 is 5.32 Å². The van der Waals surface area contributed by atoms with E-state index in [1.165, 1.54) is 0 Å². The second-order valence-electron chi connectivity index (χ2n) is 5.11. The van der Waals surface area contributed by atoms with E-state index in [-0.39, 0.29) is 4.47 Å². The highest BCUT2D eigenvalue weighted by Gasteiger charge is 2.29. The number of hydrogen-bond donors (Lipinski definition) is 2. The number of rotatable bonds is 2. The first kappa shape index (κ1) is 17.0. The molecule has 0 unspecified atom stereocenters. The summed E-state index contributed by atoms with van der Waals surface area (Å²) in [5.41, 5.74) is -1.74. The van der Waals surface area contributed by atoms with E-state index in [0.29, 0.717) is 6.07 Å². The fourth-order valence-corrected chi connectivity index (χ4v) is 3.18. The Morgan fingerprint density at radius 3 is 2.25 bits per heavy atom. The smallest absolute Gasteiger partial charge is 0.257 e. The second kappa shape index (κ2) is 5.38. The summed E-state index contributed by atoms with van der Waals surface area (Å²) in [7, 11) is -4.45. The maximum atomic E-state index is 14.1. The molecule has 1 amide bonds. The van der Waals surface area contributed by atoms with E-state index < -0.39 is 43.6 Å². The van der Waals surface area contributed by atoms with Crippen molar-refractivity contribution in [1.29, 1.82) is 0 Å². The zero-order valence-corrected chi connectivity index (χ0v) is 13.3. The molecule has 0 aromatic heterocycles. The summed E-state index contributed by atoms with van der Waals surface area (Å²) in [5.74, 6) is -3.78. The van der Waals surface area contributed by atoms with Crippen molar-refractivity contribution in [1.82, 2.24) is 5.32 Å². The number of carbonyl (C=O) groups excluding carboxylic acids is 1. The summed E-state index contributed by atoms with van der Waals surface area (Å²) >= 11 is 2.71. The third kappa shape index (κ3) is 3.74. The average Bonchev–Trinajstić information content (AvgIpc) is 2.09. The van der Waals surface area contributed by atoms with E-state index in [1.54, 1.807) is 20.8 Å². The van der Waals surface area contributed by atoms with Gasteiger partial charge in [0.15, 0.2) is 5.82 Å². The Hall–Kier alpha value is -1.06. The quantitative estimate of drug-likeness (QED) is 0.832. The standard InChI is InChI=1S/C11H13BrF2N2O3S/c1-11(2,3)16-10(17)7-6(13)4-5(12)9(8(7)14)20(15,18)19/h4H,1-3H3,(H,16,17)(H2,15,18,19). The molecule has 0 aliphatic carbocycles. The van der Waals surface area contributed by atoms with Crippen LogP contribution in [-0.4, -0.2) is 19.9 Å². The summed E-state index contributed by atoms with van der Waals surface area (Å²) < 4.78 is 50.1. The largest absolute Gasteiger partial charge is 0.347 e. The maximum absolute atomic E-state index is 14.1. The Morgan fingerprint density at radius 2 is 1.85 bits per heavy atom. The van der Waals surface area contributed by atoms with E-state index in [9.17, 15) is 22.0 Å². The first-order valence-corrected chi connectivity index (χ1v) is 7.71. The Bertz CT molecular complexity index is 669. The van der Waals surface area contributed by atoms with Gasteiger partial charge in [-0.25, -0.2) is 22.3 Å². The molecular weight excluding hydrogens is 358 g/mol. The lowest BCUT2D eigenvalue weighted by atomic mass is 10.1. The van der Waals surface area contributed by atoms with Gasteiger partial charge in [-0.2, -0.15) is 0 Å². The molecule has 0 radical (unpaired) electrons. The minimum absolute atomic E-state index is 0.387. The molecule has 0 fully saturated rings. The average molecular weight is 371 g/mol. The van der Waals surface area contributed by atoms with Crippen LogP contribution in [0, 0.1) is 11.6 Å². The van der Waals surface area contributed by atoms with Crippen molar-refractivity contribution in [2.24, 2.45) is 5.14 Å². The van der Waals surface area contributed by atoms with Gasteiger partial charge in [-0.05, 0) is 42.8 Å². The molecule has 0 bridgehead atoms. The van der Waals surface area contributed by atoms with Gasteiger partial charge in [0, 0.05) is 10.0 Å². The zero-order valence-electron chi connectivity index (χ0n) is 10.9. The summed E-state index contributed by atoms with van der Waals surface area (Å²) in [6, 6.07) is 0.681. The number of sulfonamides is 1. The van der Waals surface area contributed by atoms with Crippen molar-refractivity contribution in [3.05, 3.63) is 27.7 Å². The lowest BCUT2D eigenvalue weighted by Gasteiger charge is -2.21. The van der Waals surface area contributed by atoms with E-state index in [1.807, 2.05) is 0 Å². The molecule has 0 saturated carbocycles. The monoisotopic (exact) mass is 370 g/mol. The SMILES string of the molecule is CC(C)(C)NC(=O)c1c(F)cc(Br)c(S(N)(=O)=O)c1F. The molecule has 0 aliphatic heterocycles. The van der Waals surface area contributed by atoms with Gasteiger partial charge in [0.2, 0.25) is 10.0 Å². The highest BCUT2D eigenvalue weighted by Crippen LogP contribution is 2.29. The van der Waals surface area contributed by atoms with Crippen LogP contribution in [0.5, 0.6) is 0 Å². The number of nitrogens with one attached hydrogen (secondary N) is 1. The Labute approximate surface area is 123 Å². The number of nitrogens with two attached hydrogens (primary N) is 1. The van der Waals surface area contributed by atoms with E-state index >= 15 is 0 Å². The molecule has 5 nitrogen and oxygen atoms in total. The molecule has 0 saturated heterocycles. The van der Waals surface area contributed by atoms with E-state index in [0.717, 1.165) is 0 Å². The van der Waals surface area contributed by atoms with Crippen molar-refractivity contribution >= 4 is 31.9 Å². The fraction of sp³-hybridized carbons (Fsp3) is 0.364. The summed E-state index contributed by atoms with van der Waals surface area (Å²) in [4.78, 5) is 10.9. The first-order chi connectivity index (χ1) is 8.84. The predicted octanol–water partition coefficient (Wildman–Crippen LogP) is 1.90. The first-order valence-electron chi connectivity index (χ1n) is 5.37. The Morgan fingerprint density at radius 1 is 1.35 bits per heavy atom. The van der Waals surface area contributed by atoms with Crippen molar-refractivity contribution in [3.63, 3.8) is 0 Å². The molecule has 1 aromatic carbocycles. The number of carbonyl (C=O) groups is 1. The van der Waals surface area contributed by atoms with Crippen LogP contribution in [0.2, 0.25) is 0 Å². The third-order valence-electron chi connectivity index (χ3n) is 2.13. The Balaban J connectivity index is 3.54. The lowest BCUT2D eigenvalue weighted by molar-refractivity contribution is 0.0910. The van der Waals surface area contributed by atoms with E-state index in [4.69, 9.17) is 5.14 Å². The minimum Gasteiger partial charge on any atom is -0.347 e. The van der Waals surface area contributed by atoms with Crippen LogP contribution in [-0.2, 0) is 10.0 Å². The number of benzene rings is 1. The number of primary sulfonamides is 1. The molecular formula is C11H13BrF2N2O3S. The number of amides is 1. The molecule has 3 N–H and O–H groups in total. The Kier molecular flexibility index (Phi) is 4.57. The molecule has 0 atom stereocenters. The van der Waals surface area contributed by atoms with Gasteiger partial charge in [0.25, 0.3) is 5.91 Å². The van der Waals surface area contributed by atoms with Crippen LogP contribution in [0.25, 0.3) is 0 Å².